The minimum atomic E-state index is -0.234. The first-order valence-corrected chi connectivity index (χ1v) is 12.1. The molecule has 7 rings (SSSR count). The fraction of sp³-hybridized carbons (Fsp3) is 0.107. The third-order valence-electron chi connectivity index (χ3n) is 7.27. The number of hydrogen-bond donors (Lipinski definition) is 4. The molecule has 3 aromatic carbocycles. The van der Waals surface area contributed by atoms with E-state index in [9.17, 15) is 14.7 Å². The molecule has 10 nitrogen and oxygen atoms in total. The second-order valence-corrected chi connectivity index (χ2v) is 9.48. The van der Waals surface area contributed by atoms with Gasteiger partial charge in [-0.25, -0.2) is 9.97 Å². The number of carbonyl (C=O) groups excluding carboxylic acids is 2. The average molecular weight is 504 g/mol. The molecule has 10 heteroatoms. The maximum absolute atomic E-state index is 13.9. The molecule has 1 atom stereocenters. The number of nitrogens with zero attached hydrogens (tertiary/aromatic N) is 4. The van der Waals surface area contributed by atoms with Gasteiger partial charge in [0.2, 0.25) is 0 Å². The molecule has 4 N–H and O–H groups in total. The monoisotopic (exact) mass is 503 g/mol. The SMILES string of the molecule is N=c1ncn(C[C@@H]2CN(C(=O)c3cc4cc(C=O)ccc4[nH]3)c3cc(O)c4ccccc4c32)c2nc[nH]c12. The Kier molecular flexibility index (Phi) is 4.71. The van der Waals surface area contributed by atoms with Gasteiger partial charge >= 0.3 is 0 Å². The standard InChI is InChI=1S/C28H21N7O3/c29-26-25-27(31-13-30-25)34(14-32-26)10-17-11-35(22-9-23(37)18-3-1-2-4-19(18)24(17)22)28(38)21-8-16-7-15(12-36)5-6-20(16)33-21/h1-9,12-14,17,29,33,37H,10-11H2,(H,30,31)/t17-/m1/s1. The number of anilines is 1. The maximum atomic E-state index is 13.9. The zero-order chi connectivity index (χ0) is 26.0. The molecule has 0 radical (unpaired) electrons. The highest BCUT2D eigenvalue weighted by molar-refractivity contribution is 6.11. The van der Waals surface area contributed by atoms with E-state index in [1.807, 2.05) is 28.8 Å². The number of H-pyrrole nitrogens is 2. The number of aromatic nitrogens is 5. The minimum absolute atomic E-state index is 0.104. The van der Waals surface area contributed by atoms with E-state index in [4.69, 9.17) is 5.41 Å². The highest BCUT2D eigenvalue weighted by atomic mass is 16.3. The lowest BCUT2D eigenvalue weighted by Gasteiger charge is -2.18. The quantitative estimate of drug-likeness (QED) is 0.270. The first kappa shape index (κ1) is 22.0. The number of carbonyl (C=O) groups is 2. The van der Waals surface area contributed by atoms with Crippen molar-refractivity contribution in [3.8, 4) is 5.75 Å². The molecule has 0 spiro atoms. The number of rotatable bonds is 4. The summed E-state index contributed by atoms with van der Waals surface area (Å²) in [5.74, 6) is -0.261. The van der Waals surface area contributed by atoms with Crippen LogP contribution in [-0.2, 0) is 6.54 Å². The van der Waals surface area contributed by atoms with E-state index >= 15 is 0 Å². The average Bonchev–Trinajstić information content (AvgIpc) is 3.67. The van der Waals surface area contributed by atoms with Crippen LogP contribution in [0.4, 0.5) is 5.69 Å². The number of amides is 1. The fourth-order valence-electron chi connectivity index (χ4n) is 5.55. The van der Waals surface area contributed by atoms with Crippen molar-refractivity contribution in [2.45, 2.75) is 12.5 Å². The number of nitrogens with one attached hydrogen (secondary N) is 3. The summed E-state index contributed by atoms with van der Waals surface area (Å²) in [5, 5.41) is 21.3. The van der Waals surface area contributed by atoms with Crippen molar-refractivity contribution in [2.75, 3.05) is 11.4 Å². The summed E-state index contributed by atoms with van der Waals surface area (Å²) >= 11 is 0. The number of aromatic amines is 2. The van der Waals surface area contributed by atoms with Crippen molar-refractivity contribution in [1.82, 2.24) is 24.5 Å². The molecule has 3 aromatic heterocycles. The maximum Gasteiger partial charge on any atom is 0.274 e. The van der Waals surface area contributed by atoms with Crippen LogP contribution >= 0.6 is 0 Å². The van der Waals surface area contributed by atoms with Crippen LogP contribution < -0.4 is 10.4 Å². The van der Waals surface area contributed by atoms with Gasteiger partial charge in [-0.2, -0.15) is 0 Å². The van der Waals surface area contributed by atoms with Crippen LogP contribution in [0, 0.1) is 5.41 Å². The molecule has 0 aliphatic carbocycles. The van der Waals surface area contributed by atoms with Gasteiger partial charge < -0.3 is 24.5 Å². The van der Waals surface area contributed by atoms with E-state index in [-0.39, 0.29) is 23.1 Å². The van der Waals surface area contributed by atoms with Crippen LogP contribution in [0.1, 0.15) is 32.3 Å². The van der Waals surface area contributed by atoms with E-state index in [2.05, 4.69) is 19.9 Å². The molecule has 0 saturated carbocycles. The Labute approximate surface area is 214 Å². The Hall–Kier alpha value is -5.25. The van der Waals surface area contributed by atoms with Gasteiger partial charge in [0, 0.05) is 46.9 Å². The van der Waals surface area contributed by atoms with Crippen molar-refractivity contribution in [1.29, 1.82) is 5.41 Å². The molecule has 1 amide bonds. The topological polar surface area (TPSA) is 144 Å². The summed E-state index contributed by atoms with van der Waals surface area (Å²) in [7, 11) is 0. The largest absolute Gasteiger partial charge is 0.507 e. The lowest BCUT2D eigenvalue weighted by Crippen LogP contribution is -2.31. The smallest absolute Gasteiger partial charge is 0.274 e. The number of aldehydes is 1. The third-order valence-corrected chi connectivity index (χ3v) is 7.27. The van der Waals surface area contributed by atoms with Gasteiger partial charge in [0.05, 0.1) is 18.3 Å². The first-order chi connectivity index (χ1) is 18.5. The zero-order valence-corrected chi connectivity index (χ0v) is 20.0. The fourth-order valence-corrected chi connectivity index (χ4v) is 5.55. The number of fused-ring (bicyclic) bond motifs is 5. The first-order valence-electron chi connectivity index (χ1n) is 12.1. The Balaban J connectivity index is 1.36. The van der Waals surface area contributed by atoms with Crippen LogP contribution in [0.25, 0.3) is 32.8 Å². The Bertz CT molecular complexity index is 1980. The van der Waals surface area contributed by atoms with Crippen LogP contribution in [-0.4, -0.2) is 48.3 Å². The molecule has 186 valence electrons. The molecule has 4 heterocycles. The van der Waals surface area contributed by atoms with Gasteiger partial charge in [0.1, 0.15) is 23.2 Å². The lowest BCUT2D eigenvalue weighted by atomic mass is 9.94. The number of benzene rings is 3. The summed E-state index contributed by atoms with van der Waals surface area (Å²) in [4.78, 5) is 41.5. The van der Waals surface area contributed by atoms with Gasteiger partial charge in [-0.05, 0) is 35.2 Å². The number of phenolic OH excluding ortho intramolecular Hbond substituents is 1. The summed E-state index contributed by atoms with van der Waals surface area (Å²) in [6.45, 7) is 0.841. The molecular weight excluding hydrogens is 482 g/mol. The predicted octanol–water partition coefficient (Wildman–Crippen LogP) is 3.84. The van der Waals surface area contributed by atoms with Crippen molar-refractivity contribution in [2.24, 2.45) is 0 Å². The van der Waals surface area contributed by atoms with E-state index in [1.165, 1.54) is 0 Å². The number of hydrogen-bond acceptors (Lipinski definition) is 6. The van der Waals surface area contributed by atoms with Crippen LogP contribution in [0.3, 0.4) is 0 Å². The highest BCUT2D eigenvalue weighted by Gasteiger charge is 2.36. The van der Waals surface area contributed by atoms with Gasteiger partial charge in [-0.1, -0.05) is 24.3 Å². The van der Waals surface area contributed by atoms with E-state index in [1.54, 1.807) is 47.9 Å². The molecule has 0 bridgehead atoms. The van der Waals surface area contributed by atoms with Crippen LogP contribution in [0.2, 0.25) is 0 Å². The molecule has 1 aliphatic heterocycles. The van der Waals surface area contributed by atoms with Crippen LogP contribution in [0.15, 0.2) is 67.3 Å². The third kappa shape index (κ3) is 3.23. The predicted molar refractivity (Wildman–Crippen MR) is 141 cm³/mol. The summed E-state index contributed by atoms with van der Waals surface area (Å²) in [6.07, 6.45) is 3.92. The zero-order valence-electron chi connectivity index (χ0n) is 20.0. The Morgan fingerprint density at radius 2 is 1.97 bits per heavy atom. The van der Waals surface area contributed by atoms with E-state index < -0.39 is 0 Å². The summed E-state index contributed by atoms with van der Waals surface area (Å²) < 4.78 is 1.89. The second-order valence-electron chi connectivity index (χ2n) is 9.48. The Morgan fingerprint density at radius 3 is 2.82 bits per heavy atom. The molecule has 1 aliphatic rings. The number of phenols is 1. The van der Waals surface area contributed by atoms with Gasteiger partial charge in [-0.15, -0.1) is 0 Å². The summed E-state index contributed by atoms with van der Waals surface area (Å²) in [5.41, 5.74) is 4.56. The molecule has 0 fully saturated rings. The molecule has 38 heavy (non-hydrogen) atoms. The van der Waals surface area contributed by atoms with Gasteiger partial charge in [0.25, 0.3) is 5.91 Å². The summed E-state index contributed by atoms with van der Waals surface area (Å²) in [6, 6.07) is 16.2. The van der Waals surface area contributed by atoms with Gasteiger partial charge in [-0.3, -0.25) is 15.0 Å². The Morgan fingerprint density at radius 1 is 1.13 bits per heavy atom. The van der Waals surface area contributed by atoms with Crippen molar-refractivity contribution >= 4 is 50.7 Å². The number of imidazole rings is 1. The van der Waals surface area contributed by atoms with Crippen molar-refractivity contribution in [3.05, 3.63) is 89.6 Å². The number of aromatic hydroxyl groups is 1. The van der Waals surface area contributed by atoms with E-state index in [0.717, 1.165) is 28.1 Å². The molecule has 0 unspecified atom stereocenters. The lowest BCUT2D eigenvalue weighted by molar-refractivity contribution is 0.0983. The molecule has 6 aromatic rings. The molecule has 0 saturated heterocycles. The highest BCUT2D eigenvalue weighted by Crippen LogP contribution is 2.46. The molecular formula is C28H21N7O3. The second kappa shape index (κ2) is 8.13. The van der Waals surface area contributed by atoms with Crippen molar-refractivity contribution < 1.29 is 14.7 Å². The van der Waals surface area contributed by atoms with E-state index in [0.29, 0.717) is 46.6 Å². The normalized spacial score (nSPS) is 14.9. The van der Waals surface area contributed by atoms with Gasteiger partial charge in [0.15, 0.2) is 11.1 Å². The van der Waals surface area contributed by atoms with Crippen molar-refractivity contribution in [3.63, 3.8) is 0 Å². The van der Waals surface area contributed by atoms with Crippen LogP contribution in [0.5, 0.6) is 5.75 Å². The minimum Gasteiger partial charge on any atom is -0.507 e.